The highest BCUT2D eigenvalue weighted by atomic mass is 32.1. The van der Waals surface area contributed by atoms with Crippen molar-refractivity contribution in [2.75, 3.05) is 4.90 Å². The molecule has 290 valence electrons. The molecule has 0 atom stereocenters. The third-order valence-electron chi connectivity index (χ3n) is 12.4. The van der Waals surface area contributed by atoms with Crippen molar-refractivity contribution in [3.63, 3.8) is 0 Å². The van der Waals surface area contributed by atoms with E-state index in [0.29, 0.717) is 0 Å². The van der Waals surface area contributed by atoms with E-state index in [1.165, 1.54) is 97.1 Å². The molecule has 1 aromatic heterocycles. The third-order valence-corrected chi connectivity index (χ3v) is 13.6. The molecule has 1 heterocycles. The summed E-state index contributed by atoms with van der Waals surface area (Å²) in [6, 6.07) is 86.8. The molecule has 12 aromatic rings. The van der Waals surface area contributed by atoms with Crippen LogP contribution in [0.1, 0.15) is 0 Å². The summed E-state index contributed by atoms with van der Waals surface area (Å²) in [5, 5.41) is 10.1. The fraction of sp³-hybridized carbons (Fsp3) is 0. The lowest BCUT2D eigenvalue weighted by Crippen LogP contribution is -2.10. The quantitative estimate of drug-likeness (QED) is 0.145. The Labute approximate surface area is 365 Å². The number of hydrogen-bond acceptors (Lipinski definition) is 2. The average Bonchev–Trinajstić information content (AvgIpc) is 3.74. The zero-order valence-corrected chi connectivity index (χ0v) is 34.7. The van der Waals surface area contributed by atoms with Gasteiger partial charge in [-0.1, -0.05) is 194 Å². The van der Waals surface area contributed by atoms with Crippen LogP contribution in [0.15, 0.2) is 237 Å². The van der Waals surface area contributed by atoms with Crippen molar-refractivity contribution in [1.82, 2.24) is 0 Å². The maximum absolute atomic E-state index is 2.47. The Morgan fingerprint density at radius 2 is 0.806 bits per heavy atom. The smallest absolute Gasteiger partial charge is 0.0640 e. The summed E-state index contributed by atoms with van der Waals surface area (Å²) in [4.78, 5) is 2.47. The molecular weight excluding hydrogens is 767 g/mol. The van der Waals surface area contributed by atoms with Gasteiger partial charge in [-0.25, -0.2) is 0 Å². The van der Waals surface area contributed by atoms with Crippen molar-refractivity contribution in [1.29, 1.82) is 0 Å². The lowest BCUT2D eigenvalue weighted by molar-refractivity contribution is 1.30. The summed E-state index contributed by atoms with van der Waals surface area (Å²) in [6.45, 7) is 0. The van der Waals surface area contributed by atoms with E-state index >= 15 is 0 Å². The lowest BCUT2D eigenvalue weighted by atomic mass is 9.84. The van der Waals surface area contributed by atoms with Crippen molar-refractivity contribution in [2.24, 2.45) is 0 Å². The Balaban J connectivity index is 1.08. The summed E-state index contributed by atoms with van der Waals surface area (Å²) >= 11 is 1.87. The Kier molecular flexibility index (Phi) is 8.76. The number of thiophene rings is 1. The molecule has 0 radical (unpaired) electrons. The van der Waals surface area contributed by atoms with Crippen LogP contribution in [0, 0.1) is 0 Å². The molecule has 0 saturated heterocycles. The standard InChI is InChI=1S/C60H39NS/c1-3-18-41(19-4-1)58-53-30-10-9-28-50(53)51-36-35-44(39-55(51)59(58)42-20-5-2-6-21-42)43-23-13-25-46(37-43)61(56-33-16-32-54-52-29-11-12-34-57(52)62-60(54)56)47-26-14-24-45(38-47)49-31-15-22-40-17-7-8-27-48(40)49/h1-39H. The first-order chi connectivity index (χ1) is 30.8. The van der Waals surface area contributed by atoms with E-state index < -0.39 is 0 Å². The summed E-state index contributed by atoms with van der Waals surface area (Å²) < 4.78 is 2.56. The molecule has 0 amide bonds. The van der Waals surface area contributed by atoms with Gasteiger partial charge in [-0.05, 0) is 119 Å². The number of rotatable bonds is 7. The van der Waals surface area contributed by atoms with Crippen LogP contribution in [0.4, 0.5) is 17.1 Å². The topological polar surface area (TPSA) is 3.24 Å². The second-order valence-electron chi connectivity index (χ2n) is 16.0. The van der Waals surface area contributed by atoms with Crippen LogP contribution in [0.2, 0.25) is 0 Å². The van der Waals surface area contributed by atoms with Gasteiger partial charge in [0, 0.05) is 26.8 Å². The molecule has 0 aliphatic heterocycles. The zero-order chi connectivity index (χ0) is 41.0. The van der Waals surface area contributed by atoms with E-state index in [0.717, 1.165) is 16.9 Å². The third kappa shape index (κ3) is 6.07. The van der Waals surface area contributed by atoms with Crippen molar-refractivity contribution in [2.45, 2.75) is 0 Å². The molecule has 1 nitrogen and oxygen atoms in total. The van der Waals surface area contributed by atoms with E-state index in [4.69, 9.17) is 0 Å². The van der Waals surface area contributed by atoms with Gasteiger partial charge in [0.05, 0.1) is 10.4 Å². The molecule has 0 aliphatic rings. The van der Waals surface area contributed by atoms with Crippen LogP contribution < -0.4 is 4.90 Å². The first kappa shape index (κ1) is 36.1. The van der Waals surface area contributed by atoms with E-state index in [1.807, 2.05) is 11.3 Å². The molecule has 0 saturated carbocycles. The van der Waals surface area contributed by atoms with Gasteiger partial charge in [0.1, 0.15) is 0 Å². The minimum atomic E-state index is 1.11. The fourth-order valence-electron chi connectivity index (χ4n) is 9.63. The second kappa shape index (κ2) is 15.0. The number of hydrogen-bond donors (Lipinski definition) is 0. The first-order valence-electron chi connectivity index (χ1n) is 21.3. The van der Waals surface area contributed by atoms with E-state index in [2.05, 4.69) is 241 Å². The van der Waals surface area contributed by atoms with Gasteiger partial charge in [0.25, 0.3) is 0 Å². The molecular formula is C60H39NS. The van der Waals surface area contributed by atoms with Crippen LogP contribution in [-0.2, 0) is 0 Å². The largest absolute Gasteiger partial charge is 0.309 e. The maximum atomic E-state index is 2.47. The molecule has 0 N–H and O–H groups in total. The summed E-state index contributed by atoms with van der Waals surface area (Å²) in [5.41, 5.74) is 13.1. The minimum Gasteiger partial charge on any atom is -0.309 e. The lowest BCUT2D eigenvalue weighted by Gasteiger charge is -2.27. The van der Waals surface area contributed by atoms with Gasteiger partial charge < -0.3 is 4.90 Å². The normalized spacial score (nSPS) is 11.5. The molecule has 0 aliphatic carbocycles. The minimum absolute atomic E-state index is 1.11. The van der Waals surface area contributed by atoms with Crippen molar-refractivity contribution in [3.8, 4) is 44.5 Å². The van der Waals surface area contributed by atoms with Gasteiger partial charge in [-0.2, -0.15) is 0 Å². The van der Waals surface area contributed by atoms with Gasteiger partial charge in [-0.15, -0.1) is 11.3 Å². The predicted octanol–water partition coefficient (Wildman–Crippen LogP) is 17.7. The molecule has 0 spiro atoms. The van der Waals surface area contributed by atoms with E-state index in [-0.39, 0.29) is 0 Å². The van der Waals surface area contributed by atoms with Crippen LogP contribution in [0.5, 0.6) is 0 Å². The maximum Gasteiger partial charge on any atom is 0.0640 e. The van der Waals surface area contributed by atoms with Gasteiger partial charge in [0.15, 0.2) is 0 Å². The number of nitrogens with zero attached hydrogens (tertiary/aromatic N) is 1. The molecule has 2 heteroatoms. The number of fused-ring (bicyclic) bond motifs is 7. The zero-order valence-electron chi connectivity index (χ0n) is 33.9. The van der Waals surface area contributed by atoms with Crippen LogP contribution >= 0.6 is 11.3 Å². The molecule has 11 aromatic carbocycles. The second-order valence-corrected chi connectivity index (χ2v) is 17.1. The SMILES string of the molecule is c1ccc(-c2c(-c3ccccc3)c3cc(-c4cccc(N(c5cccc(-c6cccc7ccccc67)c5)c5cccc6c5sc5ccccc56)c4)ccc3c3ccccc23)cc1. The molecule has 62 heavy (non-hydrogen) atoms. The highest BCUT2D eigenvalue weighted by Gasteiger charge is 2.21. The fourth-order valence-corrected chi connectivity index (χ4v) is 10.8. The monoisotopic (exact) mass is 805 g/mol. The Morgan fingerprint density at radius 1 is 0.290 bits per heavy atom. The van der Waals surface area contributed by atoms with Crippen molar-refractivity contribution < 1.29 is 0 Å². The number of anilines is 3. The van der Waals surface area contributed by atoms with E-state index in [1.54, 1.807) is 0 Å². The van der Waals surface area contributed by atoms with E-state index in [9.17, 15) is 0 Å². The van der Waals surface area contributed by atoms with Gasteiger partial charge in [0.2, 0.25) is 0 Å². The summed E-state index contributed by atoms with van der Waals surface area (Å²) in [5.74, 6) is 0. The Morgan fingerprint density at radius 3 is 1.58 bits per heavy atom. The van der Waals surface area contributed by atoms with Gasteiger partial charge in [-0.3, -0.25) is 0 Å². The highest BCUT2D eigenvalue weighted by Crippen LogP contribution is 2.48. The van der Waals surface area contributed by atoms with Gasteiger partial charge >= 0.3 is 0 Å². The predicted molar refractivity (Wildman–Crippen MR) is 268 cm³/mol. The van der Waals surface area contributed by atoms with Crippen molar-refractivity contribution in [3.05, 3.63) is 237 Å². The molecule has 0 fully saturated rings. The van der Waals surface area contributed by atoms with Crippen LogP contribution in [0.3, 0.4) is 0 Å². The summed E-state index contributed by atoms with van der Waals surface area (Å²) in [6.07, 6.45) is 0. The molecule has 12 rings (SSSR count). The number of benzene rings is 11. The van der Waals surface area contributed by atoms with Crippen LogP contribution in [-0.4, -0.2) is 0 Å². The Hall–Kier alpha value is -7.78. The average molecular weight is 806 g/mol. The molecule has 0 bridgehead atoms. The molecule has 0 unspecified atom stereocenters. The Bertz CT molecular complexity index is 3630. The summed E-state index contributed by atoms with van der Waals surface area (Å²) in [7, 11) is 0. The van der Waals surface area contributed by atoms with Crippen molar-refractivity contribution >= 4 is 80.9 Å². The first-order valence-corrected chi connectivity index (χ1v) is 22.1. The highest BCUT2D eigenvalue weighted by molar-refractivity contribution is 7.26. The van der Waals surface area contributed by atoms with Crippen LogP contribution in [0.25, 0.3) is 97.0 Å².